The first kappa shape index (κ1) is 44.4. The molecular formula is C41H47N7O12S3. The minimum atomic E-state index is -3.87. The molecule has 63 heavy (non-hydrogen) atoms. The van der Waals surface area contributed by atoms with E-state index >= 15 is 0 Å². The number of rotatable bonds is 12. The minimum absolute atomic E-state index is 0.234. The molecule has 6 amide bonds. The summed E-state index contributed by atoms with van der Waals surface area (Å²) in [5.41, 5.74) is 7.14. The molecular weight excluding hydrogens is 879 g/mol. The van der Waals surface area contributed by atoms with Crippen LogP contribution < -0.4 is 21.7 Å². The van der Waals surface area contributed by atoms with Crippen LogP contribution in [0.2, 0.25) is 0 Å². The number of esters is 2. The number of thioether (sulfide) groups is 2. The summed E-state index contributed by atoms with van der Waals surface area (Å²) in [6.45, 7) is 8.73. The summed E-state index contributed by atoms with van der Waals surface area (Å²) in [6.07, 6.45) is -0.234. The van der Waals surface area contributed by atoms with E-state index in [2.05, 4.69) is 16.0 Å². The molecule has 0 aromatic heterocycles. The molecule has 2 aromatic rings. The number of fused-ring (bicyclic) bond motifs is 3. The molecule has 0 spiro atoms. The summed E-state index contributed by atoms with van der Waals surface area (Å²) in [5.74, 6) is -5.47. The van der Waals surface area contributed by atoms with Gasteiger partial charge in [0.2, 0.25) is 42.2 Å². The van der Waals surface area contributed by atoms with Gasteiger partial charge < -0.3 is 45.9 Å². The van der Waals surface area contributed by atoms with Gasteiger partial charge in [-0.15, -0.1) is 23.5 Å². The van der Waals surface area contributed by atoms with E-state index in [4.69, 9.17) is 15.2 Å². The molecule has 6 heterocycles. The Morgan fingerprint density at radius 2 is 1.19 bits per heavy atom. The van der Waals surface area contributed by atoms with Gasteiger partial charge in [0.25, 0.3) is 0 Å². The van der Waals surface area contributed by atoms with E-state index in [9.17, 15) is 46.8 Å². The molecule has 6 aliphatic rings. The Balaban J connectivity index is 0.903. The zero-order valence-corrected chi connectivity index (χ0v) is 37.5. The molecule has 0 radical (unpaired) electrons. The van der Waals surface area contributed by atoms with E-state index in [1.807, 2.05) is 0 Å². The minimum Gasteiger partial charge on any atom is -0.426 e. The largest absolute Gasteiger partial charge is 0.426 e. The molecule has 19 nitrogen and oxygen atoms in total. The zero-order chi connectivity index (χ0) is 45.7. The van der Waals surface area contributed by atoms with Crippen LogP contribution in [0.4, 0.5) is 0 Å². The molecule has 0 aliphatic carbocycles. The monoisotopic (exact) mass is 925 g/mol. The molecule has 6 saturated heterocycles. The van der Waals surface area contributed by atoms with Crippen molar-refractivity contribution in [1.82, 2.24) is 30.7 Å². The highest BCUT2D eigenvalue weighted by Gasteiger charge is 2.69. The van der Waals surface area contributed by atoms with Gasteiger partial charge in [-0.1, -0.05) is 60.7 Å². The van der Waals surface area contributed by atoms with Gasteiger partial charge in [-0.05, 0) is 52.7 Å². The van der Waals surface area contributed by atoms with Crippen LogP contribution in [0.1, 0.15) is 71.2 Å². The van der Waals surface area contributed by atoms with Crippen molar-refractivity contribution in [2.75, 3.05) is 6.79 Å². The van der Waals surface area contributed by atoms with Crippen LogP contribution in [0, 0.1) is 0 Å². The van der Waals surface area contributed by atoms with Crippen molar-refractivity contribution in [1.29, 1.82) is 0 Å². The van der Waals surface area contributed by atoms with Crippen LogP contribution in [0.15, 0.2) is 60.7 Å². The molecule has 5 N–H and O–H groups in total. The quantitative estimate of drug-likeness (QED) is 0.122. The van der Waals surface area contributed by atoms with Crippen LogP contribution >= 0.6 is 23.5 Å². The summed E-state index contributed by atoms with van der Waals surface area (Å²) in [6, 6.07) is 9.04. The molecule has 6 fully saturated rings. The Kier molecular flexibility index (Phi) is 10.9. The number of β-lactam (4-membered cyclic amide) rings is 3. The molecule has 10 atom stereocenters. The highest BCUT2D eigenvalue weighted by atomic mass is 32.2. The molecule has 336 valence electrons. The van der Waals surface area contributed by atoms with Gasteiger partial charge in [0.05, 0.1) is 11.2 Å². The number of amides is 6. The van der Waals surface area contributed by atoms with Gasteiger partial charge in [-0.25, -0.2) is 18.0 Å². The predicted molar refractivity (Wildman–Crippen MR) is 226 cm³/mol. The lowest BCUT2D eigenvalue weighted by molar-refractivity contribution is -0.181. The van der Waals surface area contributed by atoms with Crippen molar-refractivity contribution in [3.63, 3.8) is 0 Å². The van der Waals surface area contributed by atoms with Crippen LogP contribution in [-0.2, 0) is 57.7 Å². The Morgan fingerprint density at radius 3 is 1.73 bits per heavy atom. The van der Waals surface area contributed by atoms with Crippen LogP contribution in [0.5, 0.6) is 0 Å². The topological polar surface area (TPSA) is 261 Å². The summed E-state index contributed by atoms with van der Waals surface area (Å²) in [7, 11) is -3.87. The molecule has 0 bridgehead atoms. The number of nitrogens with zero attached hydrogens (tertiary/aromatic N) is 3. The fourth-order valence-electron chi connectivity index (χ4n) is 9.27. The lowest BCUT2D eigenvalue weighted by atomic mass is 9.93. The van der Waals surface area contributed by atoms with Crippen molar-refractivity contribution < 1.29 is 56.2 Å². The molecule has 6 aliphatic heterocycles. The van der Waals surface area contributed by atoms with Crippen LogP contribution in [0.3, 0.4) is 0 Å². The van der Waals surface area contributed by atoms with E-state index in [-0.39, 0.29) is 6.42 Å². The Bertz CT molecular complexity index is 2420. The second-order valence-corrected chi connectivity index (χ2v) is 24.0. The number of nitrogens with two attached hydrogens (primary N) is 1. The third kappa shape index (κ3) is 7.03. The molecule has 2 aromatic carbocycles. The van der Waals surface area contributed by atoms with E-state index in [1.165, 1.54) is 47.2 Å². The van der Waals surface area contributed by atoms with E-state index in [0.29, 0.717) is 11.1 Å². The lowest BCUT2D eigenvalue weighted by Gasteiger charge is -2.45. The number of benzene rings is 2. The number of hydrogen-bond donors (Lipinski definition) is 4. The third-order valence-corrected chi connectivity index (χ3v) is 18.6. The normalized spacial score (nSPS) is 30.8. The summed E-state index contributed by atoms with van der Waals surface area (Å²) in [4.78, 5) is 111. The molecule has 0 saturated carbocycles. The second-order valence-electron chi connectivity index (χ2n) is 17.8. The van der Waals surface area contributed by atoms with Gasteiger partial charge in [0.1, 0.15) is 58.4 Å². The second kappa shape index (κ2) is 15.5. The van der Waals surface area contributed by atoms with Gasteiger partial charge in [-0.2, -0.15) is 0 Å². The SMILES string of the molecule is CC1(C)S[C@@H]2[C@H](NC(=O)[C@H](N)c3ccccc3)C(=O)N2[C@H]1C(=O)N[C@@H](C(=O)N[C@@H]1C(=O)N2[C@@H]1SC(C)(C)[C@@H]2C(=O)OCOC(=O)[C@@H]1N2C(=O)C[C@H]2S(=O)(=O)C1(C)C)c1ccccc1. The molecule has 8 rings (SSSR count). The number of carbonyl (C=O) groups excluding carboxylic acids is 8. The van der Waals surface area contributed by atoms with E-state index in [1.54, 1.807) is 88.4 Å². The fourth-order valence-corrected chi connectivity index (χ4v) is 14.6. The Labute approximate surface area is 371 Å². The van der Waals surface area contributed by atoms with Crippen LogP contribution in [0.25, 0.3) is 0 Å². The fraction of sp³-hybridized carbons (Fsp3) is 0.512. The third-order valence-electron chi connectivity index (χ3n) is 12.7. The maximum Gasteiger partial charge on any atom is 0.333 e. The van der Waals surface area contributed by atoms with Gasteiger partial charge in [0, 0.05) is 9.49 Å². The van der Waals surface area contributed by atoms with Crippen LogP contribution in [-0.4, -0.2) is 138 Å². The van der Waals surface area contributed by atoms with Crippen molar-refractivity contribution in [2.45, 2.75) is 121 Å². The summed E-state index contributed by atoms with van der Waals surface area (Å²) >= 11 is 2.56. The van der Waals surface area contributed by atoms with Crippen molar-refractivity contribution in [3.05, 3.63) is 71.8 Å². The number of hydrogen-bond acceptors (Lipinski definition) is 15. The first-order chi connectivity index (χ1) is 29.5. The van der Waals surface area contributed by atoms with Crippen molar-refractivity contribution >= 4 is 80.7 Å². The van der Waals surface area contributed by atoms with Gasteiger partial charge in [0.15, 0.2) is 9.84 Å². The number of sulfone groups is 1. The molecule has 0 unspecified atom stereocenters. The standard InChI is InChI=1S/C41H47N7O12S3/c1-39(2)27(47-33(53)25(35(47)61-39)44-30(50)23(42)19-13-9-7-10-14-19)32(52)43-24(20-15-11-8-12-16-20)31(51)45-26-34(54)48-28(40(3,4)62-36(26)48)37(55)59-18-60-38(56)29-41(5,6)63(57,58)22-17-21(49)46(22)29/h7-16,22-29,35-36H,17-18,42H2,1-6H3,(H,43,52)(H,44,50)(H,45,51)/t22-,23-,24-,25-,26-,27+,28+,29+,35-,36-/m1/s1. The number of nitrogens with one attached hydrogen (secondary N) is 3. The van der Waals surface area contributed by atoms with Crippen molar-refractivity contribution in [3.8, 4) is 0 Å². The van der Waals surface area contributed by atoms with Crippen molar-refractivity contribution in [2.24, 2.45) is 5.73 Å². The summed E-state index contributed by atoms with van der Waals surface area (Å²) < 4.78 is 32.8. The highest BCUT2D eigenvalue weighted by Crippen LogP contribution is 2.53. The predicted octanol–water partition coefficient (Wildman–Crippen LogP) is -0.184. The highest BCUT2D eigenvalue weighted by molar-refractivity contribution is 8.02. The average Bonchev–Trinajstić information content (AvgIpc) is 3.70. The maximum atomic E-state index is 14.2. The zero-order valence-electron chi connectivity index (χ0n) is 35.0. The van der Waals surface area contributed by atoms with E-state index in [0.717, 1.165) is 4.90 Å². The smallest absolute Gasteiger partial charge is 0.333 e. The molecule has 22 heteroatoms. The Hall–Kier alpha value is -5.19. The van der Waals surface area contributed by atoms with Gasteiger partial charge >= 0.3 is 11.9 Å². The van der Waals surface area contributed by atoms with Gasteiger partial charge in [-0.3, -0.25) is 28.8 Å². The summed E-state index contributed by atoms with van der Waals surface area (Å²) in [5, 5.41) is 5.86. The van der Waals surface area contributed by atoms with E-state index < -0.39 is 137 Å². The number of ether oxygens (including phenoxy) is 2. The Morgan fingerprint density at radius 1 is 0.714 bits per heavy atom. The maximum absolute atomic E-state index is 14.2. The number of carbonyl (C=O) groups is 8. The average molecular weight is 926 g/mol. The first-order valence-corrected chi connectivity index (χ1v) is 23.5. The lowest BCUT2D eigenvalue weighted by Crippen LogP contribution is -2.72. The first-order valence-electron chi connectivity index (χ1n) is 20.2.